The zero-order chi connectivity index (χ0) is 18.0. The van der Waals surface area contributed by atoms with Crippen molar-refractivity contribution >= 4 is 33.3 Å². The molecule has 1 N–H and O–H groups in total. The minimum Gasteiger partial charge on any atom is -0.479 e. The molecule has 1 aliphatic rings. The first-order chi connectivity index (χ1) is 11.2. The fourth-order valence-electron chi connectivity index (χ4n) is 3.05. The zero-order valence-corrected chi connectivity index (χ0v) is 14.9. The van der Waals surface area contributed by atoms with E-state index in [0.29, 0.717) is 30.7 Å². The highest BCUT2D eigenvalue weighted by molar-refractivity contribution is 7.92. The molecular formula is C16H20ClNO5S. The van der Waals surface area contributed by atoms with E-state index in [1.807, 2.05) is 0 Å². The van der Waals surface area contributed by atoms with Crippen LogP contribution in [0.5, 0.6) is 0 Å². The number of sulfone groups is 1. The first-order valence-electron chi connectivity index (χ1n) is 7.67. The van der Waals surface area contributed by atoms with Gasteiger partial charge in [-0.2, -0.15) is 0 Å². The number of nitrogens with zero attached hydrogens (tertiary/aromatic N) is 1. The summed E-state index contributed by atoms with van der Waals surface area (Å²) in [6, 6.07) is 5.53. The quantitative estimate of drug-likeness (QED) is 0.855. The molecule has 0 radical (unpaired) electrons. The molecule has 1 fully saturated rings. The fourth-order valence-corrected chi connectivity index (χ4v) is 4.41. The Labute approximate surface area is 146 Å². The summed E-state index contributed by atoms with van der Waals surface area (Å²) in [5, 5.41) is 9.99. The molecule has 0 unspecified atom stereocenters. The van der Waals surface area contributed by atoms with Crippen molar-refractivity contribution in [2.45, 2.75) is 42.5 Å². The van der Waals surface area contributed by atoms with Crippen molar-refractivity contribution in [3.05, 3.63) is 29.3 Å². The van der Waals surface area contributed by atoms with Crippen LogP contribution in [0.25, 0.3) is 0 Å². The van der Waals surface area contributed by atoms with Gasteiger partial charge in [0, 0.05) is 12.1 Å². The Hall–Kier alpha value is -1.60. The van der Waals surface area contributed by atoms with Crippen molar-refractivity contribution in [1.29, 1.82) is 0 Å². The Morgan fingerprint density at radius 2 is 1.71 bits per heavy atom. The SMILES string of the molecule is CN(C(=O)CS(=O)(=O)c1ccc(Cl)cc1)C1(C(=O)O)CCCCC1. The van der Waals surface area contributed by atoms with Gasteiger partial charge in [-0.15, -0.1) is 0 Å². The summed E-state index contributed by atoms with van der Waals surface area (Å²) >= 11 is 5.74. The highest BCUT2D eigenvalue weighted by Crippen LogP contribution is 2.33. The molecule has 1 aromatic carbocycles. The number of carboxylic acid groups (broad SMARTS) is 1. The summed E-state index contributed by atoms with van der Waals surface area (Å²) in [6.45, 7) is 0. The van der Waals surface area contributed by atoms with Gasteiger partial charge in [0.2, 0.25) is 5.91 Å². The Kier molecular flexibility index (Phi) is 5.55. The maximum absolute atomic E-state index is 12.5. The van der Waals surface area contributed by atoms with Gasteiger partial charge < -0.3 is 10.0 Å². The van der Waals surface area contributed by atoms with Crippen molar-refractivity contribution in [2.24, 2.45) is 0 Å². The molecule has 6 nitrogen and oxygen atoms in total. The molecule has 0 aromatic heterocycles. The van der Waals surface area contributed by atoms with E-state index in [-0.39, 0.29) is 4.90 Å². The number of halogens is 1. The van der Waals surface area contributed by atoms with Gasteiger partial charge in [0.05, 0.1) is 4.90 Å². The van der Waals surface area contributed by atoms with Gasteiger partial charge in [-0.05, 0) is 37.1 Å². The van der Waals surface area contributed by atoms with Crippen molar-refractivity contribution in [3.8, 4) is 0 Å². The summed E-state index contributed by atoms with van der Waals surface area (Å²) < 4.78 is 24.8. The molecule has 132 valence electrons. The van der Waals surface area contributed by atoms with E-state index in [2.05, 4.69) is 0 Å². The fraction of sp³-hybridized carbons (Fsp3) is 0.500. The third-order valence-corrected chi connectivity index (χ3v) is 6.45. The second-order valence-electron chi connectivity index (χ2n) is 6.06. The van der Waals surface area contributed by atoms with Gasteiger partial charge in [-0.3, -0.25) is 4.79 Å². The average Bonchev–Trinajstić information content (AvgIpc) is 2.54. The number of amides is 1. The lowest BCUT2D eigenvalue weighted by Gasteiger charge is -2.40. The number of carbonyl (C=O) groups excluding carboxylic acids is 1. The Bertz CT molecular complexity index is 723. The molecule has 0 heterocycles. The minimum absolute atomic E-state index is 0.0123. The predicted octanol–water partition coefficient (Wildman–Crippen LogP) is 2.36. The Balaban J connectivity index is 2.21. The molecule has 0 atom stereocenters. The highest BCUT2D eigenvalue weighted by Gasteiger charge is 2.46. The lowest BCUT2D eigenvalue weighted by molar-refractivity contribution is -0.159. The number of hydrogen-bond donors (Lipinski definition) is 1. The van der Waals surface area contributed by atoms with Gasteiger partial charge >= 0.3 is 5.97 Å². The standard InChI is InChI=1S/C16H20ClNO5S/c1-18(16(15(20)21)9-3-2-4-10-16)14(19)11-24(22,23)13-7-5-12(17)6-8-13/h5-8H,2-4,9-11H2,1H3,(H,20,21). The van der Waals surface area contributed by atoms with Crippen LogP contribution in [-0.2, 0) is 19.4 Å². The second kappa shape index (κ2) is 7.11. The van der Waals surface area contributed by atoms with Crippen LogP contribution in [0.3, 0.4) is 0 Å². The third kappa shape index (κ3) is 3.72. The Morgan fingerprint density at radius 1 is 1.17 bits per heavy atom. The predicted molar refractivity (Wildman–Crippen MR) is 89.7 cm³/mol. The van der Waals surface area contributed by atoms with Gasteiger partial charge in [-0.25, -0.2) is 13.2 Å². The summed E-state index contributed by atoms with van der Waals surface area (Å²) in [6.07, 6.45) is 3.00. The Morgan fingerprint density at radius 3 is 2.21 bits per heavy atom. The van der Waals surface area contributed by atoms with Gasteiger partial charge in [-0.1, -0.05) is 30.9 Å². The van der Waals surface area contributed by atoms with E-state index in [1.54, 1.807) is 0 Å². The number of carbonyl (C=O) groups is 2. The van der Waals surface area contributed by atoms with E-state index < -0.39 is 33.0 Å². The number of aliphatic carboxylic acids is 1. The van der Waals surface area contributed by atoms with Crippen molar-refractivity contribution in [1.82, 2.24) is 4.90 Å². The maximum Gasteiger partial charge on any atom is 0.329 e. The molecule has 0 bridgehead atoms. The normalized spacial score (nSPS) is 17.2. The van der Waals surface area contributed by atoms with Crippen LogP contribution < -0.4 is 0 Å². The molecule has 2 rings (SSSR count). The largest absolute Gasteiger partial charge is 0.479 e. The van der Waals surface area contributed by atoms with E-state index >= 15 is 0 Å². The topological polar surface area (TPSA) is 91.8 Å². The molecule has 8 heteroatoms. The number of benzene rings is 1. The van der Waals surface area contributed by atoms with Crippen molar-refractivity contribution < 1.29 is 23.1 Å². The van der Waals surface area contributed by atoms with Crippen LogP contribution >= 0.6 is 11.6 Å². The monoisotopic (exact) mass is 373 g/mol. The first kappa shape index (κ1) is 18.7. The summed E-state index contributed by atoms with van der Waals surface area (Å²) in [7, 11) is -2.48. The maximum atomic E-state index is 12.5. The van der Waals surface area contributed by atoms with Crippen LogP contribution in [0, 0.1) is 0 Å². The van der Waals surface area contributed by atoms with Crippen LogP contribution in [0.1, 0.15) is 32.1 Å². The van der Waals surface area contributed by atoms with Gasteiger partial charge in [0.15, 0.2) is 9.84 Å². The van der Waals surface area contributed by atoms with Gasteiger partial charge in [0.25, 0.3) is 0 Å². The van der Waals surface area contributed by atoms with Crippen molar-refractivity contribution in [3.63, 3.8) is 0 Å². The number of likely N-dealkylation sites (N-methyl/N-ethyl adjacent to an activating group) is 1. The lowest BCUT2D eigenvalue weighted by atomic mass is 9.80. The van der Waals surface area contributed by atoms with Crippen LogP contribution in [-0.4, -0.2) is 48.6 Å². The van der Waals surface area contributed by atoms with Gasteiger partial charge in [0.1, 0.15) is 11.3 Å². The summed E-state index contributed by atoms with van der Waals surface area (Å²) in [5.74, 6) is -2.56. The molecule has 1 aromatic rings. The number of hydrogen-bond acceptors (Lipinski definition) is 4. The molecule has 0 aliphatic heterocycles. The molecule has 0 saturated heterocycles. The number of rotatable bonds is 5. The van der Waals surface area contributed by atoms with Crippen LogP contribution in [0.2, 0.25) is 5.02 Å². The molecular weight excluding hydrogens is 354 g/mol. The minimum atomic E-state index is -3.86. The summed E-state index contributed by atoms with van der Waals surface area (Å²) in [5.41, 5.74) is -1.31. The van der Waals surface area contributed by atoms with E-state index in [0.717, 1.165) is 11.3 Å². The highest BCUT2D eigenvalue weighted by atomic mass is 35.5. The lowest BCUT2D eigenvalue weighted by Crippen LogP contribution is -2.57. The van der Waals surface area contributed by atoms with E-state index in [1.165, 1.54) is 31.3 Å². The molecule has 0 spiro atoms. The molecule has 24 heavy (non-hydrogen) atoms. The van der Waals surface area contributed by atoms with E-state index in [9.17, 15) is 23.1 Å². The number of carboxylic acids is 1. The third-order valence-electron chi connectivity index (χ3n) is 4.58. The molecule has 1 aliphatic carbocycles. The average molecular weight is 374 g/mol. The van der Waals surface area contributed by atoms with Crippen molar-refractivity contribution in [2.75, 3.05) is 12.8 Å². The summed E-state index contributed by atoms with van der Waals surface area (Å²) in [4.78, 5) is 25.3. The first-order valence-corrected chi connectivity index (χ1v) is 9.70. The molecule has 1 amide bonds. The van der Waals surface area contributed by atoms with E-state index in [4.69, 9.17) is 11.6 Å². The smallest absolute Gasteiger partial charge is 0.329 e. The van der Waals surface area contributed by atoms with Crippen LogP contribution in [0.15, 0.2) is 29.2 Å². The second-order valence-corrected chi connectivity index (χ2v) is 8.49. The van der Waals surface area contributed by atoms with Crippen LogP contribution in [0.4, 0.5) is 0 Å². The molecule has 1 saturated carbocycles. The zero-order valence-electron chi connectivity index (χ0n) is 13.4.